The van der Waals surface area contributed by atoms with Gasteiger partial charge in [-0.3, -0.25) is 28.8 Å². The van der Waals surface area contributed by atoms with Gasteiger partial charge in [0.05, 0.1) is 31.5 Å². The molecule has 43 heavy (non-hydrogen) atoms. The first-order valence-corrected chi connectivity index (χ1v) is 13.5. The molecule has 0 bridgehead atoms. The molecule has 0 aliphatic heterocycles. The number of fused-ring (bicyclic) bond motifs is 1. The van der Waals surface area contributed by atoms with Crippen LogP contribution in [0.4, 0.5) is 0 Å². The maximum absolute atomic E-state index is 13.2. The predicted molar refractivity (Wildman–Crippen MR) is 152 cm³/mol. The minimum Gasteiger partial charge on any atom is -0.481 e. The highest BCUT2D eigenvalue weighted by Crippen LogP contribution is 2.19. The number of aliphatic carboxylic acids is 2. The van der Waals surface area contributed by atoms with Gasteiger partial charge in [-0.15, -0.1) is 0 Å². The summed E-state index contributed by atoms with van der Waals surface area (Å²) in [6.45, 7) is -0.156. The second-order valence-corrected chi connectivity index (χ2v) is 9.80. The van der Waals surface area contributed by atoms with E-state index in [4.69, 9.17) is 16.6 Å². The maximum Gasteiger partial charge on any atom is 0.305 e. The smallest absolute Gasteiger partial charge is 0.305 e. The Morgan fingerprint density at radius 3 is 2.21 bits per heavy atom. The Morgan fingerprint density at radius 2 is 1.56 bits per heavy atom. The van der Waals surface area contributed by atoms with E-state index in [1.807, 2.05) is 0 Å². The Kier molecular flexibility index (Phi) is 13.7. The number of hydrogen-bond acceptors (Lipinski definition) is 9. The van der Waals surface area contributed by atoms with Gasteiger partial charge in [-0.05, 0) is 31.0 Å². The van der Waals surface area contributed by atoms with E-state index in [9.17, 15) is 38.7 Å². The van der Waals surface area contributed by atoms with Crippen molar-refractivity contribution in [3.8, 4) is 0 Å². The highest BCUT2D eigenvalue weighted by atomic mass is 16.4. The third-order valence-electron chi connectivity index (χ3n) is 6.38. The Balaban J connectivity index is 2.17. The van der Waals surface area contributed by atoms with Crippen molar-refractivity contribution in [2.75, 3.05) is 13.1 Å². The highest BCUT2D eigenvalue weighted by molar-refractivity contribution is 5.96. The highest BCUT2D eigenvalue weighted by Gasteiger charge is 2.30. The quantitative estimate of drug-likeness (QED) is 0.0618. The van der Waals surface area contributed by atoms with Gasteiger partial charge in [0.25, 0.3) is 0 Å². The van der Waals surface area contributed by atoms with Crippen LogP contribution in [0, 0.1) is 0 Å². The number of carbonyl (C=O) groups excluding carboxylic acids is 5. The van der Waals surface area contributed by atoms with Gasteiger partial charge in [-0.25, -0.2) is 0 Å². The first-order chi connectivity index (χ1) is 20.4. The molecule has 11 N–H and O–H groups in total. The molecule has 0 aliphatic carbocycles. The SMILES string of the molecule is NCCCC[C@H](N)C(=O)NCC(=O)N[C@@H](CC(=O)O)C(=O)N[C@@H](Cc1c[nH]c2ccccc12)C(=O)N[C@H](C=O)CC(=O)O. The zero-order valence-electron chi connectivity index (χ0n) is 23.3. The van der Waals surface area contributed by atoms with Gasteiger partial charge in [0.15, 0.2) is 0 Å². The molecule has 0 fully saturated rings. The van der Waals surface area contributed by atoms with Crippen molar-refractivity contribution < 1.29 is 43.8 Å². The summed E-state index contributed by atoms with van der Waals surface area (Å²) in [4.78, 5) is 87.9. The Labute approximate surface area is 246 Å². The Bertz CT molecular complexity index is 1310. The van der Waals surface area contributed by atoms with Gasteiger partial charge in [0.1, 0.15) is 18.4 Å². The summed E-state index contributed by atoms with van der Waals surface area (Å²) in [6, 6.07) is 1.75. The largest absolute Gasteiger partial charge is 0.481 e. The zero-order chi connectivity index (χ0) is 31.9. The summed E-state index contributed by atoms with van der Waals surface area (Å²) in [5.41, 5.74) is 12.5. The number of aldehydes is 1. The van der Waals surface area contributed by atoms with Crippen LogP contribution < -0.4 is 32.7 Å². The summed E-state index contributed by atoms with van der Waals surface area (Å²) in [5.74, 6) is -6.24. The number of para-hydroxylation sites is 1. The molecule has 0 radical (unpaired) electrons. The number of aromatic nitrogens is 1. The number of rotatable bonds is 19. The summed E-state index contributed by atoms with van der Waals surface area (Å²) in [5, 5.41) is 28.3. The lowest BCUT2D eigenvalue weighted by Gasteiger charge is -2.23. The summed E-state index contributed by atoms with van der Waals surface area (Å²) < 4.78 is 0. The van der Waals surface area contributed by atoms with Crippen LogP contribution in [0.5, 0.6) is 0 Å². The van der Waals surface area contributed by atoms with Crippen LogP contribution in [0.25, 0.3) is 10.9 Å². The number of amides is 4. The fraction of sp³-hybridized carbons (Fsp3) is 0.444. The number of nitrogens with two attached hydrogens (primary N) is 2. The lowest BCUT2D eigenvalue weighted by molar-refractivity contribution is -0.141. The maximum atomic E-state index is 13.2. The minimum absolute atomic E-state index is 0.133. The number of hydrogen-bond donors (Lipinski definition) is 9. The van der Waals surface area contributed by atoms with Gasteiger partial charge >= 0.3 is 11.9 Å². The van der Waals surface area contributed by atoms with E-state index < -0.39 is 79.1 Å². The number of aromatic amines is 1. The molecule has 1 heterocycles. The molecule has 0 spiro atoms. The van der Waals surface area contributed by atoms with E-state index in [2.05, 4.69) is 26.3 Å². The van der Waals surface area contributed by atoms with E-state index in [1.165, 1.54) is 0 Å². The monoisotopic (exact) mass is 603 g/mol. The average Bonchev–Trinajstić information content (AvgIpc) is 3.36. The number of carboxylic acid groups (broad SMARTS) is 2. The van der Waals surface area contributed by atoms with Crippen molar-refractivity contribution in [1.82, 2.24) is 26.3 Å². The third kappa shape index (κ3) is 11.5. The van der Waals surface area contributed by atoms with Crippen molar-refractivity contribution in [3.05, 3.63) is 36.0 Å². The van der Waals surface area contributed by atoms with Gasteiger partial charge in [0.2, 0.25) is 23.6 Å². The molecule has 0 saturated heterocycles. The van der Waals surface area contributed by atoms with E-state index >= 15 is 0 Å². The second kappa shape index (κ2) is 17.2. The third-order valence-corrected chi connectivity index (χ3v) is 6.38. The molecule has 234 valence electrons. The van der Waals surface area contributed by atoms with Crippen molar-refractivity contribution >= 4 is 52.8 Å². The van der Waals surface area contributed by atoms with Crippen LogP contribution in [0.1, 0.15) is 37.7 Å². The molecule has 2 rings (SSSR count). The lowest BCUT2D eigenvalue weighted by atomic mass is 10.0. The van der Waals surface area contributed by atoms with Crippen LogP contribution in [0.15, 0.2) is 30.5 Å². The van der Waals surface area contributed by atoms with Crippen LogP contribution in [-0.4, -0.2) is 94.3 Å². The number of carboxylic acids is 2. The normalized spacial score (nSPS) is 13.6. The van der Waals surface area contributed by atoms with Crippen LogP contribution in [0.3, 0.4) is 0 Å². The average molecular weight is 604 g/mol. The lowest BCUT2D eigenvalue weighted by Crippen LogP contribution is -2.57. The van der Waals surface area contributed by atoms with Gasteiger partial charge in [-0.2, -0.15) is 0 Å². The van der Waals surface area contributed by atoms with Crippen LogP contribution in [-0.2, 0) is 40.0 Å². The molecule has 16 nitrogen and oxygen atoms in total. The summed E-state index contributed by atoms with van der Waals surface area (Å²) >= 11 is 0. The first kappa shape index (κ1) is 34.4. The van der Waals surface area contributed by atoms with Crippen molar-refractivity contribution in [1.29, 1.82) is 0 Å². The minimum atomic E-state index is -1.65. The molecule has 0 saturated carbocycles. The molecular formula is C27H37N7O9. The molecule has 4 atom stereocenters. The summed E-state index contributed by atoms with van der Waals surface area (Å²) in [6.07, 6.45) is 1.76. The Morgan fingerprint density at radius 1 is 0.884 bits per heavy atom. The van der Waals surface area contributed by atoms with E-state index in [0.717, 1.165) is 10.9 Å². The van der Waals surface area contributed by atoms with Crippen LogP contribution >= 0.6 is 0 Å². The molecule has 1 aromatic carbocycles. The predicted octanol–water partition coefficient (Wildman–Crippen LogP) is -2.11. The molecule has 2 aromatic rings. The number of benzene rings is 1. The molecule has 16 heteroatoms. The molecule has 1 aromatic heterocycles. The van der Waals surface area contributed by atoms with Crippen LogP contribution in [0.2, 0.25) is 0 Å². The molecule has 4 amide bonds. The van der Waals surface area contributed by atoms with Gasteiger partial charge in [-0.1, -0.05) is 24.6 Å². The van der Waals surface area contributed by atoms with Crippen molar-refractivity contribution in [3.63, 3.8) is 0 Å². The number of unbranched alkanes of at least 4 members (excludes halogenated alkanes) is 1. The van der Waals surface area contributed by atoms with Gasteiger partial charge in [0, 0.05) is 23.5 Å². The Hall–Kier alpha value is -4.83. The van der Waals surface area contributed by atoms with E-state index in [1.54, 1.807) is 30.5 Å². The van der Waals surface area contributed by atoms with Crippen molar-refractivity contribution in [2.45, 2.75) is 62.7 Å². The number of carbonyl (C=O) groups is 7. The topological polar surface area (TPSA) is 276 Å². The fourth-order valence-corrected chi connectivity index (χ4v) is 4.17. The van der Waals surface area contributed by atoms with Gasteiger partial charge < -0.3 is 52.7 Å². The molecule has 0 unspecified atom stereocenters. The standard InChI is InChI=1S/C27H37N7O9/c28-8-4-3-6-18(29)25(41)31-13-22(36)33-21(11-24(39)40)27(43)34-20(26(42)32-16(14-35)10-23(37)38)9-15-12-30-19-7-2-1-5-17(15)19/h1-2,5,7,12,14,16,18,20-21,30H,3-4,6,8-11,13,28-29H2,(H,31,41)(H,32,42)(H,33,36)(H,34,43)(H,37,38)(H,39,40)/t16-,18-,20-,21-/m0/s1. The molecular weight excluding hydrogens is 566 g/mol. The number of H-pyrrole nitrogens is 1. The second-order valence-electron chi connectivity index (χ2n) is 9.80. The van der Waals surface area contributed by atoms with Crippen molar-refractivity contribution in [2.24, 2.45) is 11.5 Å². The molecule has 0 aliphatic rings. The fourth-order valence-electron chi connectivity index (χ4n) is 4.17. The van der Waals surface area contributed by atoms with E-state index in [-0.39, 0.29) is 12.7 Å². The number of nitrogens with one attached hydrogen (secondary N) is 5. The summed E-state index contributed by atoms with van der Waals surface area (Å²) in [7, 11) is 0. The first-order valence-electron chi connectivity index (χ1n) is 13.5. The zero-order valence-corrected chi connectivity index (χ0v) is 23.3. The van der Waals surface area contributed by atoms with E-state index in [0.29, 0.717) is 31.4 Å².